The van der Waals surface area contributed by atoms with Crippen molar-refractivity contribution in [3.05, 3.63) is 143 Å². The van der Waals surface area contributed by atoms with Gasteiger partial charge in [0.05, 0.1) is 0 Å². The number of nitrogens with one attached hydrogen (secondary N) is 1. The quantitative estimate of drug-likeness (QED) is 0.272. The van der Waals surface area contributed by atoms with Gasteiger partial charge in [0.1, 0.15) is 5.82 Å². The highest BCUT2D eigenvalue weighted by Crippen LogP contribution is 2.48. The topological polar surface area (TPSA) is 15.8 Å². The molecule has 0 bridgehead atoms. The molecule has 0 unspecified atom stereocenters. The van der Waals surface area contributed by atoms with Gasteiger partial charge in [0.2, 0.25) is 0 Å². The third kappa shape index (κ3) is 4.35. The van der Waals surface area contributed by atoms with Crippen LogP contribution in [0.4, 0.5) is 4.39 Å². The van der Waals surface area contributed by atoms with Gasteiger partial charge in [0.25, 0.3) is 0 Å². The maximum atomic E-state index is 14.2. The number of hydrogen-bond donors (Lipinski definition) is 1. The molecule has 0 saturated carbocycles. The summed E-state index contributed by atoms with van der Waals surface area (Å²) in [6, 6.07) is 36.8. The molecule has 0 aliphatic carbocycles. The lowest BCUT2D eigenvalue weighted by atomic mass is 9.85. The molecule has 4 aromatic carbocycles. The van der Waals surface area contributed by atoms with Crippen LogP contribution in [-0.4, -0.2) is 4.98 Å². The predicted molar refractivity (Wildman–Crippen MR) is 133 cm³/mol. The second kappa shape index (κ2) is 9.46. The Morgan fingerprint density at radius 2 is 1.34 bits per heavy atom. The van der Waals surface area contributed by atoms with Crippen molar-refractivity contribution >= 4 is 22.7 Å². The number of H-pyrrole nitrogens is 1. The van der Waals surface area contributed by atoms with Crippen molar-refractivity contribution in [1.29, 1.82) is 0 Å². The summed E-state index contributed by atoms with van der Waals surface area (Å²) in [5.41, 5.74) is 5.89. The van der Waals surface area contributed by atoms with Gasteiger partial charge in [-0.05, 0) is 40.5 Å². The Balaban J connectivity index is 1.64. The monoisotopic (exact) mass is 437 g/mol. The molecule has 5 rings (SSSR count). The molecule has 0 amide bonds. The van der Waals surface area contributed by atoms with Crippen LogP contribution >= 0.6 is 11.8 Å². The van der Waals surface area contributed by atoms with Crippen LogP contribution < -0.4 is 0 Å². The van der Waals surface area contributed by atoms with Crippen LogP contribution in [0.25, 0.3) is 10.9 Å². The van der Waals surface area contributed by atoms with Crippen molar-refractivity contribution in [2.45, 2.75) is 16.9 Å². The van der Waals surface area contributed by atoms with E-state index < -0.39 is 0 Å². The molecule has 5 aromatic rings. The summed E-state index contributed by atoms with van der Waals surface area (Å²) < 4.78 is 14.2. The second-order valence-electron chi connectivity index (χ2n) is 7.95. The van der Waals surface area contributed by atoms with Crippen LogP contribution in [0, 0.1) is 5.82 Å². The smallest absolute Gasteiger partial charge is 0.123 e. The highest BCUT2D eigenvalue weighted by molar-refractivity contribution is 7.98. The van der Waals surface area contributed by atoms with Gasteiger partial charge in [-0.1, -0.05) is 91.0 Å². The number of rotatable bonds is 7. The van der Waals surface area contributed by atoms with Gasteiger partial charge in [-0.15, -0.1) is 11.8 Å². The first-order valence-corrected chi connectivity index (χ1v) is 11.9. The average molecular weight is 438 g/mol. The summed E-state index contributed by atoms with van der Waals surface area (Å²) in [7, 11) is 0. The van der Waals surface area contributed by atoms with E-state index in [2.05, 4.69) is 96.1 Å². The summed E-state index contributed by atoms with van der Waals surface area (Å²) in [6.45, 7) is 0. The van der Waals surface area contributed by atoms with Crippen LogP contribution in [0.2, 0.25) is 0 Å². The van der Waals surface area contributed by atoms with Crippen LogP contribution in [0.5, 0.6) is 0 Å². The highest BCUT2D eigenvalue weighted by atomic mass is 32.2. The minimum Gasteiger partial charge on any atom is -0.361 e. The molecule has 3 heteroatoms. The fourth-order valence-corrected chi connectivity index (χ4v) is 5.75. The molecule has 1 N–H and O–H groups in total. The van der Waals surface area contributed by atoms with Crippen molar-refractivity contribution < 1.29 is 4.39 Å². The summed E-state index contributed by atoms with van der Waals surface area (Å²) in [6.07, 6.45) is 2.06. The molecule has 0 spiro atoms. The van der Waals surface area contributed by atoms with Gasteiger partial charge in [-0.2, -0.15) is 0 Å². The molecule has 1 heterocycles. The molecular weight excluding hydrogens is 413 g/mol. The van der Waals surface area contributed by atoms with Gasteiger partial charge >= 0.3 is 0 Å². The maximum Gasteiger partial charge on any atom is 0.123 e. The molecule has 158 valence electrons. The van der Waals surface area contributed by atoms with Crippen LogP contribution in [0.1, 0.15) is 33.4 Å². The average Bonchev–Trinajstić information content (AvgIpc) is 3.26. The lowest BCUT2D eigenvalue weighted by molar-refractivity contribution is 0.629. The third-order valence-corrected chi connectivity index (χ3v) is 7.28. The van der Waals surface area contributed by atoms with E-state index in [1.54, 1.807) is 6.07 Å². The predicted octanol–water partition coefficient (Wildman–Crippen LogP) is 8.11. The largest absolute Gasteiger partial charge is 0.361 e. The summed E-state index contributed by atoms with van der Waals surface area (Å²) in [5, 5.41) is 1.11. The van der Waals surface area contributed by atoms with Gasteiger partial charge in [0, 0.05) is 34.0 Å². The summed E-state index contributed by atoms with van der Waals surface area (Å²) in [4.78, 5) is 3.37. The normalized spacial score (nSPS) is 13.2. The Labute approximate surface area is 192 Å². The second-order valence-corrected chi connectivity index (χ2v) is 9.08. The van der Waals surface area contributed by atoms with E-state index in [9.17, 15) is 4.39 Å². The van der Waals surface area contributed by atoms with E-state index in [1.807, 2.05) is 23.9 Å². The number of fused-ring (bicyclic) bond motifs is 1. The first-order chi connectivity index (χ1) is 15.8. The molecule has 1 aromatic heterocycles. The Hall–Kier alpha value is -3.30. The van der Waals surface area contributed by atoms with Crippen molar-refractivity contribution in [3.63, 3.8) is 0 Å². The SMILES string of the molecule is Fc1ccc2[nH]cc([C@@H](c3ccccc3)[C@@H](SCc3ccccc3)c3ccccc3)c2c1. The van der Waals surface area contributed by atoms with Crippen LogP contribution in [0.3, 0.4) is 0 Å². The van der Waals surface area contributed by atoms with Gasteiger partial charge in [-0.3, -0.25) is 0 Å². The molecule has 0 fully saturated rings. The van der Waals surface area contributed by atoms with E-state index in [4.69, 9.17) is 0 Å². The fraction of sp³-hybridized carbons (Fsp3) is 0.103. The Bertz CT molecular complexity index is 1280. The zero-order chi connectivity index (χ0) is 21.8. The molecule has 2 atom stereocenters. The highest BCUT2D eigenvalue weighted by Gasteiger charge is 2.29. The third-order valence-electron chi connectivity index (χ3n) is 5.87. The molecule has 0 aliphatic heterocycles. The first kappa shape index (κ1) is 20.6. The minimum absolute atomic E-state index is 0.0721. The number of aromatic nitrogens is 1. The summed E-state index contributed by atoms with van der Waals surface area (Å²) in [5.74, 6) is 0.765. The fourth-order valence-electron chi connectivity index (χ4n) is 4.34. The molecule has 0 saturated heterocycles. The molecule has 1 nitrogen and oxygen atoms in total. The molecule has 0 radical (unpaired) electrons. The Morgan fingerprint density at radius 1 is 0.719 bits per heavy atom. The molecule has 32 heavy (non-hydrogen) atoms. The number of benzene rings is 4. The zero-order valence-corrected chi connectivity index (χ0v) is 18.4. The number of halogens is 1. The van der Waals surface area contributed by atoms with Crippen LogP contribution in [0.15, 0.2) is 115 Å². The number of hydrogen-bond acceptors (Lipinski definition) is 1. The van der Waals surface area contributed by atoms with E-state index in [0.717, 1.165) is 22.2 Å². The van der Waals surface area contributed by atoms with E-state index in [-0.39, 0.29) is 17.0 Å². The van der Waals surface area contributed by atoms with Crippen molar-refractivity contribution in [3.8, 4) is 0 Å². The van der Waals surface area contributed by atoms with Crippen molar-refractivity contribution in [2.24, 2.45) is 0 Å². The van der Waals surface area contributed by atoms with E-state index in [0.29, 0.717) is 0 Å². The standard InChI is InChI=1S/C29H24FNS/c30-24-16-17-27-25(18-24)26(19-31-27)28(22-12-6-2-7-13-22)29(23-14-8-3-9-15-23)32-20-21-10-4-1-5-11-21/h1-19,28-29,31H,20H2/t28-,29+/m1/s1. The Morgan fingerprint density at radius 3 is 2.03 bits per heavy atom. The number of aromatic amines is 1. The van der Waals surface area contributed by atoms with E-state index in [1.165, 1.54) is 22.8 Å². The zero-order valence-electron chi connectivity index (χ0n) is 17.6. The maximum absolute atomic E-state index is 14.2. The molecular formula is C29H24FNS. The van der Waals surface area contributed by atoms with E-state index >= 15 is 0 Å². The van der Waals surface area contributed by atoms with Crippen molar-refractivity contribution in [2.75, 3.05) is 0 Å². The van der Waals surface area contributed by atoms with Crippen molar-refractivity contribution in [1.82, 2.24) is 4.98 Å². The Kier molecular flexibility index (Phi) is 6.09. The minimum atomic E-state index is -0.210. The van der Waals surface area contributed by atoms with Crippen LogP contribution in [-0.2, 0) is 5.75 Å². The number of thioether (sulfide) groups is 1. The summed E-state index contributed by atoms with van der Waals surface area (Å²) >= 11 is 1.93. The van der Waals surface area contributed by atoms with Gasteiger partial charge < -0.3 is 4.98 Å². The lowest BCUT2D eigenvalue weighted by Gasteiger charge is -2.28. The van der Waals surface area contributed by atoms with Gasteiger partial charge in [-0.25, -0.2) is 4.39 Å². The first-order valence-electron chi connectivity index (χ1n) is 10.8. The molecule has 0 aliphatic rings. The lowest BCUT2D eigenvalue weighted by Crippen LogP contribution is -2.11. The van der Waals surface area contributed by atoms with Gasteiger partial charge in [0.15, 0.2) is 0 Å².